The Hall–Kier alpha value is -3.67. The van der Waals surface area contributed by atoms with Crippen molar-refractivity contribution in [2.24, 2.45) is 10.9 Å². The number of aliphatic carboxylic acids is 1. The zero-order chi connectivity index (χ0) is 20.7. The summed E-state index contributed by atoms with van der Waals surface area (Å²) in [7, 11) is 1.62. The summed E-state index contributed by atoms with van der Waals surface area (Å²) in [6.07, 6.45) is 1.67. The molecule has 2 heterocycles. The van der Waals surface area contributed by atoms with Gasteiger partial charge in [0.15, 0.2) is 0 Å². The maximum Gasteiger partial charge on any atom is 0.316 e. The number of nitrogens with one attached hydrogen (secondary N) is 1. The van der Waals surface area contributed by atoms with E-state index >= 15 is 0 Å². The zero-order valence-electron chi connectivity index (χ0n) is 16.3. The lowest BCUT2D eigenvalue weighted by Gasteiger charge is -2.07. The molecule has 0 saturated carbocycles. The highest BCUT2D eigenvalue weighted by Crippen LogP contribution is 2.38. The van der Waals surface area contributed by atoms with Gasteiger partial charge in [0.2, 0.25) is 0 Å². The number of carboxylic acids is 1. The number of carbonyl (C=O) groups is 2. The molecule has 2 aliphatic heterocycles. The minimum atomic E-state index is -0.934. The van der Waals surface area contributed by atoms with Crippen molar-refractivity contribution in [1.29, 1.82) is 0 Å². The molecular weight excluding hydrogens is 368 g/mol. The molecule has 0 radical (unpaired) electrons. The van der Waals surface area contributed by atoms with E-state index in [1.807, 2.05) is 42.5 Å². The Bertz CT molecular complexity index is 1140. The minimum Gasteiger partial charge on any atom is -0.497 e. The van der Waals surface area contributed by atoms with Gasteiger partial charge in [-0.3, -0.25) is 14.6 Å². The number of nitrogens with zero attached hydrogens (tertiary/aromatic N) is 1. The van der Waals surface area contributed by atoms with Crippen LogP contribution in [0.3, 0.4) is 0 Å². The maximum absolute atomic E-state index is 12.6. The number of ether oxygens (including phenoxy) is 1. The van der Waals surface area contributed by atoms with E-state index in [0.717, 1.165) is 22.4 Å². The molecule has 6 heteroatoms. The molecule has 2 aliphatic rings. The van der Waals surface area contributed by atoms with Crippen LogP contribution in [-0.2, 0) is 9.59 Å². The second-order valence-corrected chi connectivity index (χ2v) is 7.10. The van der Waals surface area contributed by atoms with E-state index in [-0.39, 0.29) is 5.91 Å². The summed E-state index contributed by atoms with van der Waals surface area (Å²) < 4.78 is 5.28. The first kappa shape index (κ1) is 18.7. The fourth-order valence-electron chi connectivity index (χ4n) is 3.77. The summed E-state index contributed by atoms with van der Waals surface area (Å²) >= 11 is 0. The Labute approximate surface area is 168 Å². The number of fused-ring (bicyclic) bond motifs is 1. The Morgan fingerprint density at radius 1 is 1.17 bits per heavy atom. The van der Waals surface area contributed by atoms with E-state index < -0.39 is 11.9 Å². The fourth-order valence-corrected chi connectivity index (χ4v) is 3.77. The van der Waals surface area contributed by atoms with Crippen molar-refractivity contribution >= 4 is 28.8 Å². The van der Waals surface area contributed by atoms with Crippen LogP contribution in [0.4, 0.5) is 5.69 Å². The van der Waals surface area contributed by atoms with Gasteiger partial charge in [0.25, 0.3) is 5.91 Å². The molecule has 0 aromatic heterocycles. The summed E-state index contributed by atoms with van der Waals surface area (Å²) in [6, 6.07) is 13.5. The first-order valence-electron chi connectivity index (χ1n) is 9.19. The zero-order valence-corrected chi connectivity index (χ0v) is 16.3. The molecular formula is C23H20N2O4. The summed E-state index contributed by atoms with van der Waals surface area (Å²) in [5, 5.41) is 12.3. The van der Waals surface area contributed by atoms with Crippen LogP contribution in [0.15, 0.2) is 64.8 Å². The van der Waals surface area contributed by atoms with Crippen LogP contribution in [-0.4, -0.2) is 29.8 Å². The molecule has 0 fully saturated rings. The van der Waals surface area contributed by atoms with Gasteiger partial charge in [-0.25, -0.2) is 0 Å². The number of hydrogen-bond donors (Lipinski definition) is 2. The van der Waals surface area contributed by atoms with Crippen molar-refractivity contribution in [3.05, 3.63) is 65.4 Å². The summed E-state index contributed by atoms with van der Waals surface area (Å²) in [5.41, 5.74) is 5.60. The first-order valence-corrected chi connectivity index (χ1v) is 9.19. The van der Waals surface area contributed by atoms with Crippen molar-refractivity contribution in [3.63, 3.8) is 0 Å². The fraction of sp³-hybridized carbons (Fsp3) is 0.174. The number of carbonyl (C=O) groups excluding carboxylic acids is 1. The van der Waals surface area contributed by atoms with Crippen LogP contribution in [0.2, 0.25) is 0 Å². The molecule has 146 valence electrons. The third-order valence-electron chi connectivity index (χ3n) is 5.29. The van der Waals surface area contributed by atoms with Crippen LogP contribution in [0.25, 0.3) is 16.7 Å². The Balaban J connectivity index is 1.73. The molecule has 0 saturated heterocycles. The van der Waals surface area contributed by atoms with E-state index in [0.29, 0.717) is 28.2 Å². The van der Waals surface area contributed by atoms with E-state index in [1.54, 1.807) is 27.0 Å². The van der Waals surface area contributed by atoms with Crippen molar-refractivity contribution in [2.75, 3.05) is 12.4 Å². The number of hydrogen-bond acceptors (Lipinski definition) is 4. The van der Waals surface area contributed by atoms with Crippen LogP contribution in [0.5, 0.6) is 5.75 Å². The highest BCUT2D eigenvalue weighted by atomic mass is 16.5. The van der Waals surface area contributed by atoms with Crippen molar-refractivity contribution in [3.8, 4) is 16.9 Å². The average Bonchev–Trinajstić information content (AvgIpc) is 3.16. The van der Waals surface area contributed by atoms with Gasteiger partial charge in [0.1, 0.15) is 11.7 Å². The maximum atomic E-state index is 12.6. The number of carboxylic acid groups (broad SMARTS) is 1. The number of rotatable bonds is 4. The molecule has 4 rings (SSSR count). The van der Waals surface area contributed by atoms with E-state index in [2.05, 4.69) is 10.3 Å². The van der Waals surface area contributed by atoms with E-state index in [1.165, 1.54) is 0 Å². The predicted molar refractivity (Wildman–Crippen MR) is 112 cm³/mol. The highest BCUT2D eigenvalue weighted by molar-refractivity contribution is 6.32. The lowest BCUT2D eigenvalue weighted by molar-refractivity contribution is -0.138. The van der Waals surface area contributed by atoms with Crippen molar-refractivity contribution in [1.82, 2.24) is 0 Å². The highest BCUT2D eigenvalue weighted by Gasteiger charge is 2.31. The monoisotopic (exact) mass is 388 g/mol. The average molecular weight is 388 g/mol. The molecule has 2 aromatic carbocycles. The molecule has 1 amide bonds. The Kier molecular flexibility index (Phi) is 4.54. The smallest absolute Gasteiger partial charge is 0.316 e. The second kappa shape index (κ2) is 7.05. The third-order valence-corrected chi connectivity index (χ3v) is 5.29. The van der Waals surface area contributed by atoms with Crippen LogP contribution in [0, 0.1) is 5.92 Å². The van der Waals surface area contributed by atoms with Crippen LogP contribution in [0.1, 0.15) is 19.4 Å². The standard InChI is InChI=1S/C23H20N2O4/c1-12-19(24-13(2)21(12)23(27)28)11-18-17-8-7-15(10-20(17)25-22(18)26)14-5-4-6-16(9-14)29-3/h4-11,21H,1-3H3,(H,25,26)(H,27,28)/b18-11-. The summed E-state index contributed by atoms with van der Waals surface area (Å²) in [4.78, 5) is 28.4. The van der Waals surface area contributed by atoms with Crippen LogP contribution >= 0.6 is 0 Å². The second-order valence-electron chi connectivity index (χ2n) is 7.10. The molecule has 29 heavy (non-hydrogen) atoms. The molecule has 0 aliphatic carbocycles. The number of anilines is 1. The van der Waals surface area contributed by atoms with Gasteiger partial charge in [-0.1, -0.05) is 24.3 Å². The molecule has 1 atom stereocenters. The number of benzene rings is 2. The van der Waals surface area contributed by atoms with Crippen LogP contribution < -0.4 is 10.1 Å². The van der Waals surface area contributed by atoms with Gasteiger partial charge in [-0.15, -0.1) is 0 Å². The van der Waals surface area contributed by atoms with Gasteiger partial charge >= 0.3 is 5.97 Å². The quantitative estimate of drug-likeness (QED) is 0.771. The SMILES string of the molecule is COc1cccc(-c2ccc3c(c2)NC(=O)/C3=C\C2=C(C)C(C(=O)O)C(C)=N2)c1. The van der Waals surface area contributed by atoms with Gasteiger partial charge < -0.3 is 15.2 Å². The molecule has 6 nitrogen and oxygen atoms in total. The Morgan fingerprint density at radius 3 is 2.62 bits per heavy atom. The molecule has 1 unspecified atom stereocenters. The molecule has 2 N–H and O–H groups in total. The van der Waals surface area contributed by atoms with Gasteiger partial charge in [0.05, 0.1) is 18.4 Å². The third kappa shape index (κ3) is 3.23. The van der Waals surface area contributed by atoms with Gasteiger partial charge in [-0.2, -0.15) is 0 Å². The predicted octanol–water partition coefficient (Wildman–Crippen LogP) is 4.15. The number of methoxy groups -OCH3 is 1. The topological polar surface area (TPSA) is 88.0 Å². The van der Waals surface area contributed by atoms with E-state index in [4.69, 9.17) is 4.74 Å². The van der Waals surface area contributed by atoms with Crippen molar-refractivity contribution in [2.45, 2.75) is 13.8 Å². The lowest BCUT2D eigenvalue weighted by atomic mass is 9.96. The van der Waals surface area contributed by atoms with Crippen molar-refractivity contribution < 1.29 is 19.4 Å². The normalized spacial score (nSPS) is 19.3. The number of amides is 1. The molecule has 0 spiro atoms. The minimum absolute atomic E-state index is 0.227. The molecule has 2 aromatic rings. The van der Waals surface area contributed by atoms with E-state index in [9.17, 15) is 14.7 Å². The number of allylic oxidation sites excluding steroid dienone is 1. The Morgan fingerprint density at radius 2 is 1.93 bits per heavy atom. The van der Waals surface area contributed by atoms with Gasteiger partial charge in [-0.05, 0) is 54.8 Å². The summed E-state index contributed by atoms with van der Waals surface area (Å²) in [5.74, 6) is -1.13. The van der Waals surface area contributed by atoms with Gasteiger partial charge in [0, 0.05) is 17.0 Å². The molecule has 0 bridgehead atoms. The number of aliphatic imine (C=N–C) groups is 1. The summed E-state index contributed by atoms with van der Waals surface area (Å²) in [6.45, 7) is 3.43. The largest absolute Gasteiger partial charge is 0.497 e. The lowest BCUT2D eigenvalue weighted by Crippen LogP contribution is -2.19. The first-order chi connectivity index (χ1) is 13.9.